The fraction of sp³-hybridized carbons (Fsp3) is 0.909. The molecule has 1 saturated carbocycles. The molecular formula is C11H21NO3. The van der Waals surface area contributed by atoms with Gasteiger partial charge in [-0.2, -0.15) is 0 Å². The molecule has 1 rings (SSSR count). The molecule has 15 heavy (non-hydrogen) atoms. The molecule has 88 valence electrons. The number of aliphatic carboxylic acids is 1. The van der Waals surface area contributed by atoms with Gasteiger partial charge in [0, 0.05) is 18.7 Å². The molecule has 0 aromatic carbocycles. The Morgan fingerprint density at radius 2 is 2.13 bits per heavy atom. The molecule has 0 radical (unpaired) electrons. The minimum Gasteiger partial charge on any atom is -0.480 e. The van der Waals surface area contributed by atoms with Gasteiger partial charge in [0.15, 0.2) is 0 Å². The van der Waals surface area contributed by atoms with Gasteiger partial charge in [-0.3, -0.25) is 9.69 Å². The van der Waals surface area contributed by atoms with Crippen LogP contribution in [0, 0.1) is 0 Å². The molecule has 4 heteroatoms. The van der Waals surface area contributed by atoms with Crippen LogP contribution < -0.4 is 0 Å². The van der Waals surface area contributed by atoms with Gasteiger partial charge in [0.05, 0.1) is 12.6 Å². The van der Waals surface area contributed by atoms with Crippen molar-refractivity contribution in [1.29, 1.82) is 0 Å². The minimum absolute atomic E-state index is 0.140. The third-order valence-electron chi connectivity index (χ3n) is 2.92. The Kier molecular flexibility index (Phi) is 4.54. The third kappa shape index (κ3) is 3.47. The Morgan fingerprint density at radius 3 is 2.53 bits per heavy atom. The topological polar surface area (TPSA) is 49.8 Å². The second-order valence-corrected chi connectivity index (χ2v) is 4.36. The zero-order valence-corrected chi connectivity index (χ0v) is 9.77. The van der Waals surface area contributed by atoms with Crippen molar-refractivity contribution < 1.29 is 14.6 Å². The van der Waals surface area contributed by atoms with Crippen LogP contribution in [0.3, 0.4) is 0 Å². The van der Waals surface area contributed by atoms with E-state index in [0.717, 1.165) is 19.4 Å². The smallest absolute Gasteiger partial charge is 0.317 e. The van der Waals surface area contributed by atoms with Crippen molar-refractivity contribution in [2.75, 3.05) is 13.2 Å². The van der Waals surface area contributed by atoms with Crippen molar-refractivity contribution in [2.45, 2.75) is 51.8 Å². The van der Waals surface area contributed by atoms with Gasteiger partial charge in [0.2, 0.25) is 0 Å². The monoisotopic (exact) mass is 215 g/mol. The van der Waals surface area contributed by atoms with Crippen LogP contribution in [0.25, 0.3) is 0 Å². The van der Waals surface area contributed by atoms with E-state index in [0.29, 0.717) is 12.1 Å². The van der Waals surface area contributed by atoms with Crippen LogP contribution in [0.5, 0.6) is 0 Å². The van der Waals surface area contributed by atoms with Gasteiger partial charge in [0.1, 0.15) is 0 Å². The van der Waals surface area contributed by atoms with Crippen LogP contribution in [0.1, 0.15) is 33.6 Å². The Balaban J connectivity index is 2.36. The zero-order chi connectivity index (χ0) is 11.4. The summed E-state index contributed by atoms with van der Waals surface area (Å²) in [5.74, 6) is -0.747. The van der Waals surface area contributed by atoms with Crippen molar-refractivity contribution >= 4 is 5.97 Å². The maximum Gasteiger partial charge on any atom is 0.317 e. The fourth-order valence-corrected chi connectivity index (χ4v) is 2.07. The Labute approximate surface area is 91.2 Å². The highest BCUT2D eigenvalue weighted by Gasteiger charge is 2.35. The molecule has 0 aromatic heterocycles. The molecule has 0 spiro atoms. The van der Waals surface area contributed by atoms with Crippen molar-refractivity contribution in [3.63, 3.8) is 0 Å². The molecule has 0 amide bonds. The molecule has 4 nitrogen and oxygen atoms in total. The number of hydrogen-bond donors (Lipinski definition) is 1. The lowest BCUT2D eigenvalue weighted by molar-refractivity contribution is -0.141. The van der Waals surface area contributed by atoms with Gasteiger partial charge in [-0.05, 0) is 33.6 Å². The summed E-state index contributed by atoms with van der Waals surface area (Å²) >= 11 is 0. The lowest BCUT2D eigenvalue weighted by atomic mass is 9.87. The maximum absolute atomic E-state index is 10.7. The van der Waals surface area contributed by atoms with E-state index in [1.165, 1.54) is 0 Å². The number of nitrogens with zero attached hydrogens (tertiary/aromatic N) is 1. The minimum atomic E-state index is -0.747. The average molecular weight is 215 g/mol. The molecule has 1 fully saturated rings. The van der Waals surface area contributed by atoms with Crippen molar-refractivity contribution in [1.82, 2.24) is 4.90 Å². The molecule has 0 aliphatic heterocycles. The number of ether oxygens (including phenoxy) is 1. The normalized spacial score (nSPS) is 25.7. The van der Waals surface area contributed by atoms with Crippen LogP contribution in [0.4, 0.5) is 0 Å². The van der Waals surface area contributed by atoms with Gasteiger partial charge in [0.25, 0.3) is 0 Å². The second-order valence-electron chi connectivity index (χ2n) is 4.36. The number of carbonyl (C=O) groups is 1. The second kappa shape index (κ2) is 5.47. The largest absolute Gasteiger partial charge is 0.480 e. The molecule has 0 saturated heterocycles. The number of hydrogen-bond acceptors (Lipinski definition) is 3. The van der Waals surface area contributed by atoms with E-state index in [9.17, 15) is 4.79 Å². The first-order valence-electron chi connectivity index (χ1n) is 5.63. The highest BCUT2D eigenvalue weighted by Crippen LogP contribution is 2.29. The first kappa shape index (κ1) is 12.5. The first-order chi connectivity index (χ1) is 7.04. The molecule has 0 aromatic rings. The van der Waals surface area contributed by atoms with Crippen LogP contribution >= 0.6 is 0 Å². The summed E-state index contributed by atoms with van der Waals surface area (Å²) in [6, 6.07) is 0.673. The van der Waals surface area contributed by atoms with Gasteiger partial charge in [-0.1, -0.05) is 0 Å². The summed E-state index contributed by atoms with van der Waals surface area (Å²) in [5.41, 5.74) is 0. The van der Waals surface area contributed by atoms with E-state index in [4.69, 9.17) is 9.84 Å². The predicted octanol–water partition coefficient (Wildman–Crippen LogP) is 1.35. The standard InChI is InChI=1S/C11H21NO3/c1-4-15-10-5-9(6-10)12(8(2)3)7-11(13)14/h8-10H,4-7H2,1-3H3,(H,13,14). The van der Waals surface area contributed by atoms with Crippen LogP contribution in [0.2, 0.25) is 0 Å². The van der Waals surface area contributed by atoms with Crippen LogP contribution in [-0.2, 0) is 9.53 Å². The van der Waals surface area contributed by atoms with E-state index < -0.39 is 5.97 Å². The average Bonchev–Trinajstić information content (AvgIpc) is 2.06. The molecule has 0 bridgehead atoms. The molecule has 1 aliphatic carbocycles. The Hall–Kier alpha value is -0.610. The van der Waals surface area contributed by atoms with E-state index in [2.05, 4.69) is 0 Å². The van der Waals surface area contributed by atoms with E-state index in [1.807, 2.05) is 25.7 Å². The van der Waals surface area contributed by atoms with Gasteiger partial charge < -0.3 is 9.84 Å². The quantitative estimate of drug-likeness (QED) is 0.726. The highest BCUT2D eigenvalue weighted by molar-refractivity contribution is 5.69. The zero-order valence-electron chi connectivity index (χ0n) is 9.77. The van der Waals surface area contributed by atoms with E-state index >= 15 is 0 Å². The van der Waals surface area contributed by atoms with Crippen molar-refractivity contribution in [3.05, 3.63) is 0 Å². The molecule has 0 unspecified atom stereocenters. The van der Waals surface area contributed by atoms with Gasteiger partial charge in [-0.25, -0.2) is 0 Å². The molecule has 1 aliphatic rings. The summed E-state index contributed by atoms with van der Waals surface area (Å²) in [4.78, 5) is 12.7. The lowest BCUT2D eigenvalue weighted by Gasteiger charge is -2.43. The lowest BCUT2D eigenvalue weighted by Crippen LogP contribution is -2.52. The van der Waals surface area contributed by atoms with Crippen molar-refractivity contribution in [2.24, 2.45) is 0 Å². The van der Waals surface area contributed by atoms with Gasteiger partial charge in [-0.15, -0.1) is 0 Å². The summed E-state index contributed by atoms with van der Waals surface area (Å²) in [6.07, 6.45) is 2.29. The summed E-state index contributed by atoms with van der Waals surface area (Å²) in [5, 5.41) is 8.80. The first-order valence-corrected chi connectivity index (χ1v) is 5.63. The summed E-state index contributed by atoms with van der Waals surface area (Å²) in [6.45, 7) is 6.96. The number of carboxylic acids is 1. The SMILES string of the molecule is CCOC1CC(N(CC(=O)O)C(C)C)C1. The molecular weight excluding hydrogens is 194 g/mol. The Bertz CT molecular complexity index is 212. The molecule has 0 heterocycles. The van der Waals surface area contributed by atoms with E-state index in [-0.39, 0.29) is 12.6 Å². The van der Waals surface area contributed by atoms with Crippen molar-refractivity contribution in [3.8, 4) is 0 Å². The highest BCUT2D eigenvalue weighted by atomic mass is 16.5. The fourth-order valence-electron chi connectivity index (χ4n) is 2.07. The summed E-state index contributed by atoms with van der Waals surface area (Å²) in [7, 11) is 0. The Morgan fingerprint density at radius 1 is 1.53 bits per heavy atom. The van der Waals surface area contributed by atoms with Crippen LogP contribution in [0.15, 0.2) is 0 Å². The third-order valence-corrected chi connectivity index (χ3v) is 2.92. The van der Waals surface area contributed by atoms with E-state index in [1.54, 1.807) is 0 Å². The molecule has 0 atom stereocenters. The van der Waals surface area contributed by atoms with Gasteiger partial charge >= 0.3 is 5.97 Å². The number of carboxylic acid groups (broad SMARTS) is 1. The maximum atomic E-state index is 10.7. The van der Waals surface area contributed by atoms with Crippen LogP contribution in [-0.4, -0.2) is 47.3 Å². The number of rotatable bonds is 6. The molecule has 1 N–H and O–H groups in total. The summed E-state index contributed by atoms with van der Waals surface area (Å²) < 4.78 is 5.47. The predicted molar refractivity (Wildman–Crippen MR) is 57.9 cm³/mol.